The molecule has 2 atom stereocenters. The fourth-order valence-electron chi connectivity index (χ4n) is 2.64. The minimum Gasteiger partial charge on any atom is -0.396 e. The molecule has 0 bridgehead atoms. The van der Waals surface area contributed by atoms with E-state index in [1.807, 2.05) is 0 Å². The molecule has 2 fully saturated rings. The average Bonchev–Trinajstić information content (AvgIpc) is 3.11. The van der Waals surface area contributed by atoms with E-state index in [0.717, 1.165) is 25.2 Å². The van der Waals surface area contributed by atoms with E-state index in [1.54, 1.807) is 0 Å². The van der Waals surface area contributed by atoms with Gasteiger partial charge in [0.15, 0.2) is 0 Å². The van der Waals surface area contributed by atoms with Crippen LogP contribution in [0.2, 0.25) is 0 Å². The van der Waals surface area contributed by atoms with Gasteiger partial charge in [0.2, 0.25) is 5.91 Å². The maximum atomic E-state index is 11.7. The van der Waals surface area contributed by atoms with Crippen molar-refractivity contribution in [3.05, 3.63) is 0 Å². The monoisotopic (exact) mass is 225 g/mol. The second-order valence-electron chi connectivity index (χ2n) is 5.38. The van der Waals surface area contributed by atoms with Crippen molar-refractivity contribution in [1.82, 2.24) is 5.32 Å². The molecule has 0 heterocycles. The Morgan fingerprint density at radius 2 is 1.94 bits per heavy atom. The van der Waals surface area contributed by atoms with Gasteiger partial charge in [-0.2, -0.15) is 0 Å². The van der Waals surface area contributed by atoms with Crippen LogP contribution < -0.4 is 5.32 Å². The molecule has 2 aliphatic carbocycles. The minimum atomic E-state index is 0.192. The molecular weight excluding hydrogens is 202 g/mol. The van der Waals surface area contributed by atoms with Gasteiger partial charge < -0.3 is 10.4 Å². The van der Waals surface area contributed by atoms with Crippen LogP contribution in [0.15, 0.2) is 0 Å². The molecule has 2 aliphatic rings. The van der Waals surface area contributed by atoms with E-state index in [9.17, 15) is 9.90 Å². The third kappa shape index (κ3) is 3.48. The van der Waals surface area contributed by atoms with Crippen LogP contribution in [0.4, 0.5) is 0 Å². The molecule has 2 N–H and O–H groups in total. The van der Waals surface area contributed by atoms with Crippen molar-refractivity contribution < 1.29 is 9.90 Å². The largest absolute Gasteiger partial charge is 0.396 e. The van der Waals surface area contributed by atoms with Crippen molar-refractivity contribution in [3.8, 4) is 0 Å². The lowest BCUT2D eigenvalue weighted by atomic mass is 9.85. The topological polar surface area (TPSA) is 49.3 Å². The Labute approximate surface area is 97.6 Å². The molecule has 0 aromatic rings. The third-order valence-corrected chi connectivity index (χ3v) is 3.97. The van der Waals surface area contributed by atoms with Gasteiger partial charge in [-0.05, 0) is 25.2 Å². The first-order chi connectivity index (χ1) is 7.79. The van der Waals surface area contributed by atoms with Crippen molar-refractivity contribution in [3.63, 3.8) is 0 Å². The second kappa shape index (κ2) is 5.67. The molecule has 92 valence electrons. The first-order valence-corrected chi connectivity index (χ1v) is 6.70. The maximum Gasteiger partial charge on any atom is 0.220 e. The Kier molecular flexibility index (Phi) is 4.22. The number of carbonyl (C=O) groups is 1. The molecule has 2 saturated carbocycles. The molecule has 3 nitrogen and oxygen atoms in total. The van der Waals surface area contributed by atoms with Gasteiger partial charge in [-0.15, -0.1) is 0 Å². The lowest BCUT2D eigenvalue weighted by molar-refractivity contribution is -0.122. The van der Waals surface area contributed by atoms with Gasteiger partial charge in [0, 0.05) is 25.0 Å². The van der Waals surface area contributed by atoms with Crippen molar-refractivity contribution in [2.45, 2.75) is 57.4 Å². The summed E-state index contributed by atoms with van der Waals surface area (Å²) in [6.45, 7) is 0.216. The van der Waals surface area contributed by atoms with E-state index >= 15 is 0 Å². The summed E-state index contributed by atoms with van der Waals surface area (Å²) < 4.78 is 0. The van der Waals surface area contributed by atoms with Gasteiger partial charge in [-0.3, -0.25) is 4.79 Å². The summed E-state index contributed by atoms with van der Waals surface area (Å²) in [5.41, 5.74) is 0. The minimum absolute atomic E-state index is 0.192. The van der Waals surface area contributed by atoms with Crippen molar-refractivity contribution >= 4 is 5.91 Å². The van der Waals surface area contributed by atoms with E-state index < -0.39 is 0 Å². The van der Waals surface area contributed by atoms with Crippen molar-refractivity contribution in [1.29, 1.82) is 0 Å². The number of amides is 1. The Bertz CT molecular complexity index is 238. The van der Waals surface area contributed by atoms with Crippen LogP contribution in [0.1, 0.15) is 51.4 Å². The average molecular weight is 225 g/mol. The van der Waals surface area contributed by atoms with E-state index in [4.69, 9.17) is 0 Å². The fourth-order valence-corrected chi connectivity index (χ4v) is 2.64. The molecule has 2 rings (SSSR count). The van der Waals surface area contributed by atoms with Crippen LogP contribution in [0, 0.1) is 11.8 Å². The van der Waals surface area contributed by atoms with E-state index in [1.165, 1.54) is 25.7 Å². The summed E-state index contributed by atoms with van der Waals surface area (Å²) in [7, 11) is 0. The molecule has 16 heavy (non-hydrogen) atoms. The summed E-state index contributed by atoms with van der Waals surface area (Å²) in [4.78, 5) is 11.7. The predicted octanol–water partition coefficient (Wildman–Crippen LogP) is 1.84. The Morgan fingerprint density at radius 3 is 2.62 bits per heavy atom. The zero-order valence-corrected chi connectivity index (χ0v) is 9.95. The van der Waals surface area contributed by atoms with Gasteiger partial charge in [0.1, 0.15) is 0 Å². The van der Waals surface area contributed by atoms with E-state index in [0.29, 0.717) is 12.3 Å². The number of carbonyl (C=O) groups excluding carboxylic acids is 1. The zero-order chi connectivity index (χ0) is 11.4. The second-order valence-corrected chi connectivity index (χ2v) is 5.38. The maximum absolute atomic E-state index is 11.7. The van der Waals surface area contributed by atoms with Gasteiger partial charge in [0.25, 0.3) is 0 Å². The number of hydrogen-bond acceptors (Lipinski definition) is 2. The number of rotatable bonds is 5. The molecular formula is C13H23NO2. The Morgan fingerprint density at radius 1 is 1.19 bits per heavy atom. The first kappa shape index (κ1) is 11.9. The standard InChI is InChI=1S/C13H23NO2/c15-9-11-3-1-2-4-12(11)14-13(16)8-7-10-5-6-10/h10-12,15H,1-9H2,(H,14,16). The lowest BCUT2D eigenvalue weighted by Gasteiger charge is -2.30. The van der Waals surface area contributed by atoms with E-state index in [2.05, 4.69) is 5.32 Å². The molecule has 0 spiro atoms. The van der Waals surface area contributed by atoms with Crippen LogP contribution in [0.3, 0.4) is 0 Å². The summed E-state index contributed by atoms with van der Waals surface area (Å²) in [6.07, 6.45) is 8.85. The summed E-state index contributed by atoms with van der Waals surface area (Å²) in [5, 5.41) is 12.4. The van der Waals surface area contributed by atoms with Gasteiger partial charge in [0.05, 0.1) is 0 Å². The lowest BCUT2D eigenvalue weighted by Crippen LogP contribution is -2.43. The first-order valence-electron chi connectivity index (χ1n) is 6.70. The third-order valence-electron chi connectivity index (χ3n) is 3.97. The highest BCUT2D eigenvalue weighted by atomic mass is 16.3. The van der Waals surface area contributed by atoms with Crippen molar-refractivity contribution in [2.24, 2.45) is 11.8 Å². The molecule has 0 aromatic carbocycles. The predicted molar refractivity (Wildman–Crippen MR) is 62.9 cm³/mol. The van der Waals surface area contributed by atoms with Gasteiger partial charge in [-0.1, -0.05) is 25.7 Å². The highest BCUT2D eigenvalue weighted by Gasteiger charge is 2.27. The van der Waals surface area contributed by atoms with Crippen LogP contribution in [-0.4, -0.2) is 23.7 Å². The number of hydrogen-bond donors (Lipinski definition) is 2. The van der Waals surface area contributed by atoms with Crippen LogP contribution in [-0.2, 0) is 4.79 Å². The normalized spacial score (nSPS) is 30.1. The Balaban J connectivity index is 1.70. The smallest absolute Gasteiger partial charge is 0.220 e. The molecule has 3 heteroatoms. The van der Waals surface area contributed by atoms with Crippen molar-refractivity contribution in [2.75, 3.05) is 6.61 Å². The highest BCUT2D eigenvalue weighted by Crippen LogP contribution is 2.33. The highest BCUT2D eigenvalue weighted by molar-refractivity contribution is 5.76. The van der Waals surface area contributed by atoms with Crippen LogP contribution in [0.5, 0.6) is 0 Å². The zero-order valence-electron chi connectivity index (χ0n) is 9.95. The van der Waals surface area contributed by atoms with Gasteiger partial charge >= 0.3 is 0 Å². The number of aliphatic hydroxyl groups excluding tert-OH is 1. The van der Waals surface area contributed by atoms with Crippen LogP contribution in [0.25, 0.3) is 0 Å². The summed E-state index contributed by atoms with van der Waals surface area (Å²) in [6, 6.07) is 0.227. The number of nitrogens with one attached hydrogen (secondary N) is 1. The molecule has 2 unspecified atom stereocenters. The SMILES string of the molecule is O=C(CCC1CC1)NC1CCCCC1CO. The summed E-state index contributed by atoms with van der Waals surface area (Å²) in [5.74, 6) is 1.31. The Hall–Kier alpha value is -0.570. The van der Waals surface area contributed by atoms with E-state index in [-0.39, 0.29) is 18.6 Å². The molecule has 1 amide bonds. The fraction of sp³-hybridized carbons (Fsp3) is 0.923. The van der Waals surface area contributed by atoms with Gasteiger partial charge in [-0.25, -0.2) is 0 Å². The molecule has 0 radical (unpaired) electrons. The van der Waals surface area contributed by atoms with Crippen LogP contribution >= 0.6 is 0 Å². The number of aliphatic hydroxyl groups is 1. The molecule has 0 aromatic heterocycles. The quantitative estimate of drug-likeness (QED) is 0.750. The molecule has 0 aliphatic heterocycles. The summed E-state index contributed by atoms with van der Waals surface area (Å²) >= 11 is 0. The molecule has 0 saturated heterocycles.